The molecule has 0 fully saturated rings. The minimum Gasteiger partial charge on any atom is -0.459 e. The molecule has 0 aliphatic carbocycles. The average molecular weight is 431 g/mol. The van der Waals surface area contributed by atoms with Crippen molar-refractivity contribution in [3.05, 3.63) is 67.8 Å². The van der Waals surface area contributed by atoms with Gasteiger partial charge in [-0.25, -0.2) is 5.43 Å². The Morgan fingerprint density at radius 1 is 1.10 bits per heavy atom. The first-order chi connectivity index (χ1) is 10.1. The number of hydrazine groups is 1. The quantitative estimate of drug-likeness (QED) is 0.446. The largest absolute Gasteiger partial charge is 0.459 e. The topological polar surface area (TPSA) is 51.2 Å². The Morgan fingerprint density at radius 3 is 2.62 bits per heavy atom. The summed E-state index contributed by atoms with van der Waals surface area (Å²) in [7, 11) is 0. The first-order valence-corrected chi connectivity index (χ1v) is 8.15. The molecule has 0 amide bonds. The van der Waals surface area contributed by atoms with Crippen LogP contribution in [0.4, 0.5) is 0 Å². The molecule has 3 aromatic rings. The van der Waals surface area contributed by atoms with E-state index in [0.717, 1.165) is 31.2 Å². The van der Waals surface area contributed by atoms with E-state index in [-0.39, 0.29) is 6.04 Å². The summed E-state index contributed by atoms with van der Waals surface area (Å²) in [4.78, 5) is 0. The van der Waals surface area contributed by atoms with E-state index in [9.17, 15) is 0 Å². The lowest BCUT2D eigenvalue weighted by Gasteiger charge is -2.15. The van der Waals surface area contributed by atoms with Gasteiger partial charge in [-0.3, -0.25) is 5.84 Å². The van der Waals surface area contributed by atoms with Crippen molar-refractivity contribution in [2.75, 3.05) is 0 Å². The Morgan fingerprint density at radius 2 is 1.90 bits per heavy atom. The van der Waals surface area contributed by atoms with E-state index in [1.54, 1.807) is 6.07 Å². The predicted molar refractivity (Wildman–Crippen MR) is 92.2 cm³/mol. The summed E-state index contributed by atoms with van der Waals surface area (Å²) in [6, 6.07) is 13.1. The molecule has 0 aliphatic heterocycles. The van der Waals surface area contributed by atoms with Crippen LogP contribution in [-0.4, -0.2) is 0 Å². The van der Waals surface area contributed by atoms with Crippen LogP contribution in [0.15, 0.2) is 55.8 Å². The second-order valence-corrected chi connectivity index (χ2v) is 6.80. The maximum absolute atomic E-state index is 6.01. The lowest BCUT2D eigenvalue weighted by atomic mass is 10.1. The fraction of sp³-hybridized carbons (Fsp3) is 0.0667. The van der Waals surface area contributed by atoms with Crippen molar-refractivity contribution in [2.45, 2.75) is 6.04 Å². The van der Waals surface area contributed by atoms with E-state index in [1.807, 2.05) is 36.4 Å². The molecule has 0 aliphatic rings. The van der Waals surface area contributed by atoms with E-state index in [0.29, 0.717) is 5.02 Å². The van der Waals surface area contributed by atoms with Crippen molar-refractivity contribution in [2.24, 2.45) is 5.84 Å². The number of furan rings is 1. The van der Waals surface area contributed by atoms with Gasteiger partial charge in [-0.1, -0.05) is 49.5 Å². The number of nitrogens with one attached hydrogen (secondary N) is 1. The van der Waals surface area contributed by atoms with Crippen molar-refractivity contribution in [1.82, 2.24) is 5.43 Å². The number of rotatable bonds is 3. The molecule has 1 unspecified atom stereocenters. The number of halogens is 3. The Hall–Kier alpha value is -0.850. The minimum atomic E-state index is -0.251. The number of nitrogens with two attached hydrogens (primary N) is 1. The first-order valence-electron chi connectivity index (χ1n) is 6.18. The van der Waals surface area contributed by atoms with Gasteiger partial charge in [0.1, 0.15) is 17.4 Å². The fourth-order valence-electron chi connectivity index (χ4n) is 2.24. The highest BCUT2D eigenvalue weighted by Crippen LogP contribution is 2.33. The first kappa shape index (κ1) is 15.1. The summed E-state index contributed by atoms with van der Waals surface area (Å²) < 4.78 is 7.82. The van der Waals surface area contributed by atoms with Crippen LogP contribution in [0.2, 0.25) is 5.02 Å². The van der Waals surface area contributed by atoms with Crippen molar-refractivity contribution in [3.8, 4) is 0 Å². The predicted octanol–water partition coefficient (Wildman–Crippen LogP) is 5.16. The normalized spacial score (nSPS) is 12.8. The van der Waals surface area contributed by atoms with Gasteiger partial charge in [-0.15, -0.1) is 0 Å². The summed E-state index contributed by atoms with van der Waals surface area (Å²) in [5.41, 5.74) is 4.57. The molecule has 108 valence electrons. The molecule has 3 N–H and O–H groups in total. The van der Waals surface area contributed by atoms with Crippen LogP contribution in [0, 0.1) is 0 Å². The van der Waals surface area contributed by atoms with Crippen LogP contribution in [-0.2, 0) is 0 Å². The smallest absolute Gasteiger partial charge is 0.134 e. The molecule has 3 nitrogen and oxygen atoms in total. The van der Waals surface area contributed by atoms with E-state index in [2.05, 4.69) is 37.3 Å². The van der Waals surface area contributed by atoms with Gasteiger partial charge < -0.3 is 4.42 Å². The highest BCUT2D eigenvalue weighted by molar-refractivity contribution is 9.11. The van der Waals surface area contributed by atoms with Gasteiger partial charge in [0, 0.05) is 19.4 Å². The zero-order valence-electron chi connectivity index (χ0n) is 10.7. The lowest BCUT2D eigenvalue weighted by Crippen LogP contribution is -2.28. The van der Waals surface area contributed by atoms with Crippen LogP contribution in [0.1, 0.15) is 17.4 Å². The van der Waals surface area contributed by atoms with Gasteiger partial charge in [0.15, 0.2) is 0 Å². The van der Waals surface area contributed by atoms with Gasteiger partial charge in [0.2, 0.25) is 0 Å². The second-order valence-electron chi connectivity index (χ2n) is 4.60. The van der Waals surface area contributed by atoms with Crippen molar-refractivity contribution >= 4 is 54.4 Å². The molecule has 1 atom stereocenters. The molecule has 2 aromatic carbocycles. The molecular formula is C15H11Br2ClN2O. The highest BCUT2D eigenvalue weighted by atomic mass is 79.9. The third-order valence-corrected chi connectivity index (χ3v) is 4.64. The van der Waals surface area contributed by atoms with E-state index in [4.69, 9.17) is 21.9 Å². The van der Waals surface area contributed by atoms with Crippen LogP contribution >= 0.6 is 43.5 Å². The molecular weight excluding hydrogens is 419 g/mol. The molecule has 0 saturated carbocycles. The zero-order valence-corrected chi connectivity index (χ0v) is 14.7. The lowest BCUT2D eigenvalue weighted by molar-refractivity contribution is 0.476. The Bertz CT molecular complexity index is 803. The highest BCUT2D eigenvalue weighted by Gasteiger charge is 2.19. The Labute approximate surface area is 143 Å². The monoisotopic (exact) mass is 428 g/mol. The maximum Gasteiger partial charge on any atom is 0.134 e. The maximum atomic E-state index is 6.01. The second kappa shape index (κ2) is 6.10. The van der Waals surface area contributed by atoms with Crippen LogP contribution in [0.5, 0.6) is 0 Å². The minimum absolute atomic E-state index is 0.251. The molecule has 0 saturated heterocycles. The van der Waals surface area contributed by atoms with Gasteiger partial charge in [0.05, 0.1) is 0 Å². The van der Waals surface area contributed by atoms with Crippen LogP contribution in [0.3, 0.4) is 0 Å². The molecule has 0 spiro atoms. The molecule has 1 aromatic heterocycles. The van der Waals surface area contributed by atoms with E-state index in [1.165, 1.54) is 0 Å². The number of hydrogen-bond acceptors (Lipinski definition) is 3. The molecule has 0 bridgehead atoms. The Kier molecular flexibility index (Phi) is 4.38. The summed E-state index contributed by atoms with van der Waals surface area (Å²) in [6.45, 7) is 0. The van der Waals surface area contributed by atoms with Gasteiger partial charge >= 0.3 is 0 Å². The summed E-state index contributed by atoms with van der Waals surface area (Å²) in [5, 5.41) is 1.63. The summed E-state index contributed by atoms with van der Waals surface area (Å²) >= 11 is 13.0. The zero-order chi connectivity index (χ0) is 15.0. The molecule has 3 rings (SSSR count). The molecule has 1 heterocycles. The Balaban J connectivity index is 2.09. The third kappa shape index (κ3) is 3.03. The average Bonchev–Trinajstić information content (AvgIpc) is 2.84. The van der Waals surface area contributed by atoms with Crippen LogP contribution < -0.4 is 11.3 Å². The molecule has 21 heavy (non-hydrogen) atoms. The number of hydrogen-bond donors (Lipinski definition) is 2. The van der Waals surface area contributed by atoms with Crippen LogP contribution in [0.25, 0.3) is 11.0 Å². The van der Waals surface area contributed by atoms with Gasteiger partial charge in [-0.2, -0.15) is 0 Å². The van der Waals surface area contributed by atoms with Crippen molar-refractivity contribution < 1.29 is 4.42 Å². The van der Waals surface area contributed by atoms with Crippen molar-refractivity contribution in [1.29, 1.82) is 0 Å². The number of benzene rings is 2. The summed E-state index contributed by atoms with van der Waals surface area (Å²) in [6.07, 6.45) is 0. The SMILES string of the molecule is NNC(c1cc2cc(Cl)ccc2o1)c1ccc(Br)cc1Br. The molecule has 0 radical (unpaired) electrons. The van der Waals surface area contributed by atoms with E-state index < -0.39 is 0 Å². The fourth-order valence-corrected chi connectivity index (χ4v) is 3.69. The van der Waals surface area contributed by atoms with Crippen molar-refractivity contribution in [3.63, 3.8) is 0 Å². The summed E-state index contributed by atoms with van der Waals surface area (Å²) in [5.74, 6) is 6.46. The van der Waals surface area contributed by atoms with Gasteiger partial charge in [0.25, 0.3) is 0 Å². The number of fused-ring (bicyclic) bond motifs is 1. The molecule has 6 heteroatoms. The standard InChI is InChI=1S/C15H11Br2ClN2O/c16-9-1-3-11(12(17)7-9)15(20-19)14-6-8-5-10(18)2-4-13(8)21-14/h1-7,15,20H,19H2. The van der Waals surface area contributed by atoms with Gasteiger partial charge in [-0.05, 0) is 42.0 Å². The third-order valence-electron chi connectivity index (χ3n) is 3.22. The van der Waals surface area contributed by atoms with E-state index >= 15 is 0 Å².